The van der Waals surface area contributed by atoms with Crippen LogP contribution in [-0.2, 0) is 13.0 Å². The van der Waals surface area contributed by atoms with Crippen molar-refractivity contribution in [3.8, 4) is 0 Å². The second-order valence-corrected chi connectivity index (χ2v) is 5.89. The molecule has 2 rings (SSSR count). The SMILES string of the molecule is CCSCCCn1ccc2cc(CCN)ccc21. The van der Waals surface area contributed by atoms with Crippen molar-refractivity contribution in [2.45, 2.75) is 26.3 Å². The van der Waals surface area contributed by atoms with E-state index in [-0.39, 0.29) is 0 Å². The number of fused-ring (bicyclic) bond motifs is 1. The van der Waals surface area contributed by atoms with Gasteiger partial charge in [0.2, 0.25) is 0 Å². The molecule has 2 N–H and O–H groups in total. The summed E-state index contributed by atoms with van der Waals surface area (Å²) in [4.78, 5) is 0. The van der Waals surface area contributed by atoms with Crippen LogP contribution in [0.2, 0.25) is 0 Å². The van der Waals surface area contributed by atoms with Gasteiger partial charge in [-0.05, 0) is 60.0 Å². The number of rotatable bonds is 7. The molecule has 0 fully saturated rings. The first-order valence-corrected chi connectivity index (χ1v) is 7.86. The van der Waals surface area contributed by atoms with Crippen molar-refractivity contribution >= 4 is 22.7 Å². The van der Waals surface area contributed by atoms with Crippen LogP contribution in [0.15, 0.2) is 30.5 Å². The Bertz CT molecular complexity index is 490. The molecule has 0 aliphatic heterocycles. The van der Waals surface area contributed by atoms with Crippen LogP contribution < -0.4 is 5.73 Å². The summed E-state index contributed by atoms with van der Waals surface area (Å²) in [5, 5.41) is 1.34. The number of nitrogens with two attached hydrogens (primary N) is 1. The molecule has 2 nitrogen and oxygen atoms in total. The lowest BCUT2D eigenvalue weighted by atomic mass is 10.1. The molecule has 1 aromatic heterocycles. The summed E-state index contributed by atoms with van der Waals surface area (Å²) < 4.78 is 2.36. The van der Waals surface area contributed by atoms with Gasteiger partial charge in [-0.3, -0.25) is 0 Å². The third-order valence-corrected chi connectivity index (χ3v) is 4.15. The molecule has 1 aromatic carbocycles. The minimum absolute atomic E-state index is 0.723. The Morgan fingerprint density at radius 3 is 2.94 bits per heavy atom. The maximum absolute atomic E-state index is 5.60. The van der Waals surface area contributed by atoms with Crippen LogP contribution in [0.4, 0.5) is 0 Å². The molecule has 0 aliphatic rings. The van der Waals surface area contributed by atoms with Gasteiger partial charge in [-0.1, -0.05) is 13.0 Å². The Hall–Kier alpha value is -0.930. The topological polar surface area (TPSA) is 30.9 Å². The van der Waals surface area contributed by atoms with Crippen LogP contribution in [-0.4, -0.2) is 22.6 Å². The molecule has 98 valence electrons. The third kappa shape index (κ3) is 3.30. The van der Waals surface area contributed by atoms with Crippen LogP contribution >= 0.6 is 11.8 Å². The number of thioether (sulfide) groups is 1. The average Bonchev–Trinajstić information content (AvgIpc) is 2.78. The van der Waals surface area contributed by atoms with E-state index in [1.807, 2.05) is 11.8 Å². The number of benzene rings is 1. The average molecular weight is 262 g/mol. The van der Waals surface area contributed by atoms with Gasteiger partial charge in [-0.15, -0.1) is 0 Å². The molecule has 0 bridgehead atoms. The zero-order valence-electron chi connectivity index (χ0n) is 11.1. The van der Waals surface area contributed by atoms with E-state index < -0.39 is 0 Å². The van der Waals surface area contributed by atoms with E-state index in [1.54, 1.807) is 0 Å². The van der Waals surface area contributed by atoms with E-state index in [9.17, 15) is 0 Å². The van der Waals surface area contributed by atoms with Crippen molar-refractivity contribution in [2.75, 3.05) is 18.1 Å². The molecule has 0 amide bonds. The lowest BCUT2D eigenvalue weighted by Crippen LogP contribution is -2.02. The smallest absolute Gasteiger partial charge is 0.0480 e. The zero-order chi connectivity index (χ0) is 12.8. The van der Waals surface area contributed by atoms with Gasteiger partial charge in [-0.25, -0.2) is 0 Å². The van der Waals surface area contributed by atoms with Crippen molar-refractivity contribution in [3.63, 3.8) is 0 Å². The minimum atomic E-state index is 0.723. The Kier molecular flexibility index (Phi) is 5.14. The number of aromatic nitrogens is 1. The van der Waals surface area contributed by atoms with Crippen molar-refractivity contribution in [3.05, 3.63) is 36.0 Å². The molecule has 1 heterocycles. The van der Waals surface area contributed by atoms with Crippen LogP contribution in [0.5, 0.6) is 0 Å². The number of nitrogens with zero attached hydrogens (tertiary/aromatic N) is 1. The first kappa shape index (κ1) is 13.5. The van der Waals surface area contributed by atoms with Crippen molar-refractivity contribution in [1.82, 2.24) is 4.57 Å². The maximum atomic E-state index is 5.60. The van der Waals surface area contributed by atoms with Gasteiger partial charge in [0.1, 0.15) is 0 Å². The first-order chi connectivity index (χ1) is 8.85. The fourth-order valence-electron chi connectivity index (χ4n) is 2.25. The molecule has 0 saturated carbocycles. The number of hydrogen-bond acceptors (Lipinski definition) is 2. The van der Waals surface area contributed by atoms with E-state index in [2.05, 4.69) is 42.0 Å². The predicted molar refractivity (Wildman–Crippen MR) is 82.3 cm³/mol. The third-order valence-electron chi connectivity index (χ3n) is 3.16. The highest BCUT2D eigenvalue weighted by atomic mass is 32.2. The Labute approximate surface area is 114 Å². The van der Waals surface area contributed by atoms with Crippen LogP contribution in [0.3, 0.4) is 0 Å². The van der Waals surface area contributed by atoms with E-state index in [1.165, 1.54) is 34.4 Å². The summed E-state index contributed by atoms with van der Waals surface area (Å²) in [6, 6.07) is 8.90. The van der Waals surface area contributed by atoms with Gasteiger partial charge in [0, 0.05) is 18.3 Å². The molecule has 3 heteroatoms. The largest absolute Gasteiger partial charge is 0.347 e. The lowest BCUT2D eigenvalue weighted by Gasteiger charge is -2.06. The maximum Gasteiger partial charge on any atom is 0.0480 e. The summed E-state index contributed by atoms with van der Waals surface area (Å²) in [5.41, 5.74) is 8.28. The molecular formula is C15H22N2S. The predicted octanol–water partition coefficient (Wildman–Crippen LogP) is 3.29. The van der Waals surface area contributed by atoms with Gasteiger partial charge in [0.15, 0.2) is 0 Å². The van der Waals surface area contributed by atoms with Crippen LogP contribution in [0.25, 0.3) is 10.9 Å². The zero-order valence-corrected chi connectivity index (χ0v) is 11.9. The summed E-state index contributed by atoms with van der Waals surface area (Å²) in [6.07, 6.45) is 4.41. The highest BCUT2D eigenvalue weighted by molar-refractivity contribution is 7.99. The molecule has 0 radical (unpaired) electrons. The molecule has 0 unspecified atom stereocenters. The quantitative estimate of drug-likeness (QED) is 0.776. The summed E-state index contributed by atoms with van der Waals surface area (Å²) >= 11 is 2.02. The van der Waals surface area contributed by atoms with Crippen LogP contribution in [0, 0.1) is 0 Å². The highest BCUT2D eigenvalue weighted by Crippen LogP contribution is 2.18. The second-order valence-electron chi connectivity index (χ2n) is 4.49. The van der Waals surface area contributed by atoms with Crippen LogP contribution in [0.1, 0.15) is 18.9 Å². The van der Waals surface area contributed by atoms with Gasteiger partial charge in [-0.2, -0.15) is 11.8 Å². The monoisotopic (exact) mass is 262 g/mol. The molecule has 0 saturated heterocycles. The minimum Gasteiger partial charge on any atom is -0.347 e. The highest BCUT2D eigenvalue weighted by Gasteiger charge is 2.02. The summed E-state index contributed by atoms with van der Waals surface area (Å²) in [7, 11) is 0. The van der Waals surface area contributed by atoms with Gasteiger partial charge >= 0.3 is 0 Å². The van der Waals surface area contributed by atoms with E-state index in [0.717, 1.165) is 19.5 Å². The lowest BCUT2D eigenvalue weighted by molar-refractivity contribution is 0.709. The van der Waals surface area contributed by atoms with E-state index in [4.69, 9.17) is 5.73 Å². The van der Waals surface area contributed by atoms with Gasteiger partial charge in [0.05, 0.1) is 0 Å². The molecule has 0 atom stereocenters. The normalized spacial score (nSPS) is 11.2. The van der Waals surface area contributed by atoms with E-state index >= 15 is 0 Å². The Morgan fingerprint density at radius 1 is 1.28 bits per heavy atom. The molecule has 0 spiro atoms. The summed E-state index contributed by atoms with van der Waals surface area (Å²) in [6.45, 7) is 4.06. The molecule has 18 heavy (non-hydrogen) atoms. The fourth-order valence-corrected chi connectivity index (χ4v) is 2.87. The first-order valence-electron chi connectivity index (χ1n) is 6.70. The molecule has 2 aromatic rings. The van der Waals surface area contributed by atoms with E-state index in [0.29, 0.717) is 0 Å². The van der Waals surface area contributed by atoms with Crippen molar-refractivity contribution in [1.29, 1.82) is 0 Å². The second kappa shape index (κ2) is 6.86. The summed E-state index contributed by atoms with van der Waals surface area (Å²) in [5.74, 6) is 2.47. The Morgan fingerprint density at radius 2 is 2.17 bits per heavy atom. The van der Waals surface area contributed by atoms with Crippen molar-refractivity contribution < 1.29 is 0 Å². The molecular weight excluding hydrogens is 240 g/mol. The van der Waals surface area contributed by atoms with Crippen molar-refractivity contribution in [2.24, 2.45) is 5.73 Å². The molecule has 0 aliphatic carbocycles. The Balaban J connectivity index is 2.06. The van der Waals surface area contributed by atoms with Gasteiger partial charge < -0.3 is 10.3 Å². The fraction of sp³-hybridized carbons (Fsp3) is 0.467. The van der Waals surface area contributed by atoms with Gasteiger partial charge in [0.25, 0.3) is 0 Å². The number of hydrogen-bond donors (Lipinski definition) is 1. The number of aryl methyl sites for hydroxylation is 1. The standard InChI is InChI=1S/C15H22N2S/c1-2-18-11-3-9-17-10-7-14-12-13(6-8-16)4-5-15(14)17/h4-5,7,10,12H,2-3,6,8-9,11,16H2,1H3.